The molecule has 0 aliphatic heterocycles. The molecule has 0 unspecified atom stereocenters. The summed E-state index contributed by atoms with van der Waals surface area (Å²) in [7, 11) is 1.35. The van der Waals surface area contributed by atoms with Gasteiger partial charge in [-0.25, -0.2) is 4.79 Å². The zero-order valence-corrected chi connectivity index (χ0v) is 9.75. The summed E-state index contributed by atoms with van der Waals surface area (Å²) in [5, 5.41) is 5.92. The third-order valence-electron chi connectivity index (χ3n) is 2.14. The normalized spacial score (nSPS) is 9.88. The Morgan fingerprint density at radius 2 is 2.00 bits per heavy atom. The van der Waals surface area contributed by atoms with Gasteiger partial charge in [-0.15, -0.1) is 0 Å². The molecule has 1 aromatic carbocycles. The summed E-state index contributed by atoms with van der Waals surface area (Å²) in [6.07, 6.45) is 0.680. The molecule has 2 N–H and O–H groups in total. The molecule has 1 aromatic rings. The van der Waals surface area contributed by atoms with Gasteiger partial charge in [-0.05, 0) is 30.7 Å². The first-order chi connectivity index (χ1) is 7.76. The number of carbonyl (C=O) groups is 1. The van der Waals surface area contributed by atoms with E-state index >= 15 is 0 Å². The van der Waals surface area contributed by atoms with Crippen molar-refractivity contribution in [3.8, 4) is 0 Å². The second kappa shape index (κ2) is 6.85. The van der Waals surface area contributed by atoms with E-state index in [2.05, 4.69) is 22.3 Å². The Balaban J connectivity index is 2.44. The molecule has 0 saturated carbocycles. The predicted octanol–water partition coefficient (Wildman–Crippen LogP) is 2.36. The lowest BCUT2D eigenvalue weighted by Gasteiger charge is -2.06. The van der Waals surface area contributed by atoms with Crippen LogP contribution in [-0.4, -0.2) is 19.7 Å². The predicted molar refractivity (Wildman–Crippen MR) is 64.5 cm³/mol. The maximum atomic E-state index is 10.9. The average Bonchev–Trinajstić information content (AvgIpc) is 2.31. The van der Waals surface area contributed by atoms with E-state index in [1.807, 2.05) is 24.3 Å². The van der Waals surface area contributed by atoms with Gasteiger partial charge in [0.2, 0.25) is 0 Å². The monoisotopic (exact) mass is 222 g/mol. The van der Waals surface area contributed by atoms with Crippen LogP contribution in [0.1, 0.15) is 18.9 Å². The van der Waals surface area contributed by atoms with Crippen molar-refractivity contribution in [2.24, 2.45) is 0 Å². The van der Waals surface area contributed by atoms with Crippen LogP contribution in [0.3, 0.4) is 0 Å². The van der Waals surface area contributed by atoms with Crippen LogP contribution >= 0.6 is 0 Å². The van der Waals surface area contributed by atoms with Crippen LogP contribution < -0.4 is 10.6 Å². The van der Waals surface area contributed by atoms with E-state index in [1.54, 1.807) is 0 Å². The minimum absolute atomic E-state index is 0.447. The van der Waals surface area contributed by atoms with E-state index in [0.717, 1.165) is 25.2 Å². The Labute approximate surface area is 96.0 Å². The number of rotatable bonds is 5. The standard InChI is InChI=1S/C12H18N2O2/c1-3-8-13-9-10-4-6-11(7-5-10)14-12(15)16-2/h4-7,13H,3,8-9H2,1-2H3,(H,14,15). The molecule has 0 fully saturated rings. The van der Waals surface area contributed by atoms with Gasteiger partial charge in [-0.3, -0.25) is 5.32 Å². The SMILES string of the molecule is CCCNCc1ccc(NC(=O)OC)cc1. The van der Waals surface area contributed by atoms with Gasteiger partial charge in [0.05, 0.1) is 7.11 Å². The molecule has 16 heavy (non-hydrogen) atoms. The summed E-state index contributed by atoms with van der Waals surface area (Å²) in [5.74, 6) is 0. The lowest BCUT2D eigenvalue weighted by Crippen LogP contribution is -2.14. The number of carbonyl (C=O) groups excluding carboxylic acids is 1. The van der Waals surface area contributed by atoms with Crippen LogP contribution in [0, 0.1) is 0 Å². The Hall–Kier alpha value is -1.55. The smallest absolute Gasteiger partial charge is 0.411 e. The number of hydrogen-bond acceptors (Lipinski definition) is 3. The number of ether oxygens (including phenoxy) is 1. The molecule has 1 amide bonds. The van der Waals surface area contributed by atoms with E-state index < -0.39 is 6.09 Å². The molecule has 0 aromatic heterocycles. The van der Waals surface area contributed by atoms with Crippen LogP contribution in [0.4, 0.5) is 10.5 Å². The number of hydrogen-bond donors (Lipinski definition) is 2. The Morgan fingerprint density at radius 3 is 2.56 bits per heavy atom. The molecule has 0 radical (unpaired) electrons. The van der Waals surface area contributed by atoms with E-state index in [-0.39, 0.29) is 0 Å². The highest BCUT2D eigenvalue weighted by Crippen LogP contribution is 2.09. The summed E-state index contributed by atoms with van der Waals surface area (Å²) in [5.41, 5.74) is 1.94. The molecule has 0 saturated heterocycles. The summed E-state index contributed by atoms with van der Waals surface area (Å²) >= 11 is 0. The quantitative estimate of drug-likeness (QED) is 0.752. The molecule has 0 spiro atoms. The summed E-state index contributed by atoms with van der Waals surface area (Å²) in [6, 6.07) is 7.68. The molecule has 0 aliphatic carbocycles. The first kappa shape index (κ1) is 12.5. The van der Waals surface area contributed by atoms with Gasteiger partial charge in [-0.1, -0.05) is 19.1 Å². The van der Waals surface area contributed by atoms with Gasteiger partial charge < -0.3 is 10.1 Å². The third kappa shape index (κ3) is 4.31. The van der Waals surface area contributed by atoms with Crippen molar-refractivity contribution in [1.29, 1.82) is 0 Å². The fourth-order valence-corrected chi connectivity index (χ4v) is 1.28. The molecule has 4 heteroatoms. The van der Waals surface area contributed by atoms with Crippen LogP contribution in [0.25, 0.3) is 0 Å². The van der Waals surface area contributed by atoms with Crippen LogP contribution in [0.5, 0.6) is 0 Å². The van der Waals surface area contributed by atoms with E-state index in [0.29, 0.717) is 0 Å². The van der Waals surface area contributed by atoms with Crippen molar-refractivity contribution in [2.75, 3.05) is 19.0 Å². The third-order valence-corrected chi connectivity index (χ3v) is 2.14. The van der Waals surface area contributed by atoms with E-state index in [9.17, 15) is 4.79 Å². The van der Waals surface area contributed by atoms with Crippen molar-refractivity contribution in [2.45, 2.75) is 19.9 Å². The highest BCUT2D eigenvalue weighted by molar-refractivity contribution is 5.84. The maximum absolute atomic E-state index is 10.9. The molecule has 0 aliphatic rings. The van der Waals surface area contributed by atoms with E-state index in [4.69, 9.17) is 0 Å². The molecule has 1 rings (SSSR count). The van der Waals surface area contributed by atoms with Crippen molar-refractivity contribution in [1.82, 2.24) is 5.32 Å². The first-order valence-corrected chi connectivity index (χ1v) is 5.41. The van der Waals surface area contributed by atoms with Gasteiger partial charge >= 0.3 is 6.09 Å². The number of anilines is 1. The molecule has 0 bridgehead atoms. The van der Waals surface area contributed by atoms with Gasteiger partial charge in [0, 0.05) is 12.2 Å². The molecule has 0 atom stereocenters. The topological polar surface area (TPSA) is 50.4 Å². The number of amides is 1. The molecule has 88 valence electrons. The summed E-state index contributed by atoms with van der Waals surface area (Å²) < 4.78 is 4.50. The molecule has 0 heterocycles. The van der Waals surface area contributed by atoms with Gasteiger partial charge in [-0.2, -0.15) is 0 Å². The fraction of sp³-hybridized carbons (Fsp3) is 0.417. The van der Waals surface area contributed by atoms with Crippen molar-refractivity contribution in [3.05, 3.63) is 29.8 Å². The molecule has 4 nitrogen and oxygen atoms in total. The minimum Gasteiger partial charge on any atom is -0.453 e. The summed E-state index contributed by atoms with van der Waals surface area (Å²) in [4.78, 5) is 10.9. The van der Waals surface area contributed by atoms with Gasteiger partial charge in [0.15, 0.2) is 0 Å². The van der Waals surface area contributed by atoms with Crippen LogP contribution in [0.2, 0.25) is 0 Å². The average molecular weight is 222 g/mol. The first-order valence-electron chi connectivity index (χ1n) is 5.41. The van der Waals surface area contributed by atoms with Gasteiger partial charge in [0.25, 0.3) is 0 Å². The second-order valence-corrected chi connectivity index (χ2v) is 3.49. The Morgan fingerprint density at radius 1 is 1.31 bits per heavy atom. The van der Waals surface area contributed by atoms with E-state index in [1.165, 1.54) is 12.7 Å². The van der Waals surface area contributed by atoms with Crippen LogP contribution in [0.15, 0.2) is 24.3 Å². The Bertz CT molecular complexity index is 322. The summed E-state index contributed by atoms with van der Waals surface area (Å²) in [6.45, 7) is 4.00. The highest BCUT2D eigenvalue weighted by Gasteiger charge is 1.99. The lowest BCUT2D eigenvalue weighted by atomic mass is 10.2. The Kier molecular flexibility index (Phi) is 5.36. The minimum atomic E-state index is -0.447. The number of nitrogens with one attached hydrogen (secondary N) is 2. The molecular weight excluding hydrogens is 204 g/mol. The number of benzene rings is 1. The zero-order valence-electron chi connectivity index (χ0n) is 9.75. The number of methoxy groups -OCH3 is 1. The highest BCUT2D eigenvalue weighted by atomic mass is 16.5. The maximum Gasteiger partial charge on any atom is 0.411 e. The second-order valence-electron chi connectivity index (χ2n) is 3.49. The van der Waals surface area contributed by atoms with Crippen molar-refractivity contribution < 1.29 is 9.53 Å². The lowest BCUT2D eigenvalue weighted by molar-refractivity contribution is 0.187. The fourth-order valence-electron chi connectivity index (χ4n) is 1.28. The zero-order chi connectivity index (χ0) is 11.8. The van der Waals surface area contributed by atoms with Gasteiger partial charge in [0.1, 0.15) is 0 Å². The van der Waals surface area contributed by atoms with Crippen molar-refractivity contribution in [3.63, 3.8) is 0 Å². The van der Waals surface area contributed by atoms with Crippen molar-refractivity contribution >= 4 is 11.8 Å². The molecular formula is C12H18N2O2. The largest absolute Gasteiger partial charge is 0.453 e. The van der Waals surface area contributed by atoms with Crippen LogP contribution in [-0.2, 0) is 11.3 Å².